The average molecular weight is 351 g/mol. The summed E-state index contributed by atoms with van der Waals surface area (Å²) in [4.78, 5) is 12.7. The smallest absolute Gasteiger partial charge is 0.198 e. The van der Waals surface area contributed by atoms with E-state index in [1.807, 2.05) is 0 Å². The second kappa shape index (κ2) is 7.75. The van der Waals surface area contributed by atoms with Crippen LogP contribution in [-0.2, 0) is 0 Å². The first kappa shape index (κ1) is 17.7. The fraction of sp³-hybridized carbons (Fsp3) is 0. The largest absolute Gasteiger partial charge is 0.345 e. The van der Waals surface area contributed by atoms with Gasteiger partial charge in [-0.2, -0.15) is 15.8 Å². The van der Waals surface area contributed by atoms with Gasteiger partial charge in [0.15, 0.2) is 11.4 Å². The van der Waals surface area contributed by atoms with Crippen molar-refractivity contribution in [2.45, 2.75) is 0 Å². The fourth-order valence-corrected chi connectivity index (χ4v) is 2.19. The van der Waals surface area contributed by atoms with Crippen molar-refractivity contribution in [3.8, 4) is 18.2 Å². The lowest BCUT2D eigenvalue weighted by molar-refractivity contribution is 0.103. The first-order chi connectivity index (χ1) is 12.0. The molecular formula is C18H8ClFN4O. The van der Waals surface area contributed by atoms with Gasteiger partial charge in [-0.3, -0.25) is 4.79 Å². The molecule has 0 saturated heterocycles. The van der Waals surface area contributed by atoms with Gasteiger partial charge in [0, 0.05) is 10.6 Å². The monoisotopic (exact) mass is 350 g/mol. The first-order valence-electron chi connectivity index (χ1n) is 6.82. The van der Waals surface area contributed by atoms with Crippen LogP contribution in [0, 0.1) is 39.8 Å². The summed E-state index contributed by atoms with van der Waals surface area (Å²) in [5.74, 6) is -1.36. The topological polar surface area (TPSA) is 100 Å². The van der Waals surface area contributed by atoms with Crippen LogP contribution >= 0.6 is 11.6 Å². The predicted molar refractivity (Wildman–Crippen MR) is 88.8 cm³/mol. The summed E-state index contributed by atoms with van der Waals surface area (Å²) < 4.78 is 13.9. The van der Waals surface area contributed by atoms with Gasteiger partial charge >= 0.3 is 0 Å². The molecule has 2 rings (SSSR count). The maximum atomic E-state index is 13.9. The van der Waals surface area contributed by atoms with E-state index >= 15 is 0 Å². The van der Waals surface area contributed by atoms with Crippen LogP contribution in [0.4, 0.5) is 10.1 Å². The fourth-order valence-electron chi connectivity index (χ4n) is 2.02. The summed E-state index contributed by atoms with van der Waals surface area (Å²) >= 11 is 5.92. The van der Waals surface area contributed by atoms with Crippen molar-refractivity contribution in [3.05, 3.63) is 75.7 Å². The lowest BCUT2D eigenvalue weighted by Crippen LogP contribution is -2.10. The molecule has 0 bridgehead atoms. The van der Waals surface area contributed by atoms with Crippen molar-refractivity contribution in [3.63, 3.8) is 0 Å². The van der Waals surface area contributed by atoms with Crippen LogP contribution in [0.5, 0.6) is 0 Å². The predicted octanol–water partition coefficient (Wildman–Crippen LogP) is 3.95. The zero-order chi connectivity index (χ0) is 18.4. The highest BCUT2D eigenvalue weighted by molar-refractivity contribution is 6.31. The summed E-state index contributed by atoms with van der Waals surface area (Å²) in [6, 6.07) is 14.5. The highest BCUT2D eigenvalue weighted by Gasteiger charge is 2.19. The zero-order valence-electron chi connectivity index (χ0n) is 12.5. The number of nitrogens with one attached hydrogen (secondary N) is 1. The number of nitrogens with zero attached hydrogens (tertiary/aromatic N) is 3. The lowest BCUT2D eigenvalue weighted by Gasteiger charge is -2.11. The number of nitriles is 3. The Hall–Kier alpha value is -3.66. The molecule has 0 aliphatic carbocycles. The van der Waals surface area contributed by atoms with Gasteiger partial charge in [-0.25, -0.2) is 4.39 Å². The number of hydrogen-bond donors (Lipinski definition) is 1. The molecule has 0 radical (unpaired) electrons. The molecule has 25 heavy (non-hydrogen) atoms. The maximum Gasteiger partial charge on any atom is 0.198 e. The Kier molecular flexibility index (Phi) is 5.48. The van der Waals surface area contributed by atoms with Crippen molar-refractivity contribution < 1.29 is 9.18 Å². The molecule has 0 unspecified atom stereocenters. The van der Waals surface area contributed by atoms with Gasteiger partial charge in [0.1, 0.15) is 29.7 Å². The van der Waals surface area contributed by atoms with Gasteiger partial charge in [0.05, 0.1) is 11.3 Å². The third-order valence-electron chi connectivity index (χ3n) is 3.19. The molecule has 0 spiro atoms. The minimum absolute atomic E-state index is 0.000537. The van der Waals surface area contributed by atoms with E-state index in [2.05, 4.69) is 5.32 Å². The summed E-state index contributed by atoms with van der Waals surface area (Å²) in [5, 5.41) is 29.7. The van der Waals surface area contributed by atoms with Crippen molar-refractivity contribution in [1.82, 2.24) is 0 Å². The molecule has 0 atom stereocenters. The maximum absolute atomic E-state index is 13.9. The van der Waals surface area contributed by atoms with Crippen molar-refractivity contribution in [2.24, 2.45) is 0 Å². The third kappa shape index (κ3) is 3.82. The van der Waals surface area contributed by atoms with Crippen LogP contribution in [-0.4, -0.2) is 5.78 Å². The summed E-state index contributed by atoms with van der Waals surface area (Å²) in [6.07, 6.45) is 0. The van der Waals surface area contributed by atoms with Crippen LogP contribution in [0.25, 0.3) is 0 Å². The molecule has 2 aromatic carbocycles. The quantitative estimate of drug-likeness (QED) is 0.664. The minimum atomic E-state index is -0.704. The highest BCUT2D eigenvalue weighted by atomic mass is 35.5. The average Bonchev–Trinajstić information content (AvgIpc) is 2.62. The first-order valence-corrected chi connectivity index (χ1v) is 7.20. The van der Waals surface area contributed by atoms with Crippen molar-refractivity contribution >= 4 is 23.1 Å². The molecule has 0 heterocycles. The van der Waals surface area contributed by atoms with Crippen molar-refractivity contribution in [1.29, 1.82) is 15.8 Å². The Morgan fingerprint density at radius 2 is 1.68 bits per heavy atom. The van der Waals surface area contributed by atoms with Gasteiger partial charge in [-0.1, -0.05) is 23.7 Å². The third-order valence-corrected chi connectivity index (χ3v) is 3.42. The Morgan fingerprint density at radius 3 is 2.28 bits per heavy atom. The summed E-state index contributed by atoms with van der Waals surface area (Å²) in [5.41, 5.74) is -0.814. The normalized spacial score (nSPS) is 9.24. The Labute approximate surface area is 147 Å². The Bertz CT molecular complexity index is 993. The number of allylic oxidation sites excluding steroid dienone is 2. The number of ketones is 1. The van der Waals surface area contributed by atoms with E-state index in [9.17, 15) is 9.18 Å². The van der Waals surface area contributed by atoms with Gasteiger partial charge in [-0.15, -0.1) is 0 Å². The van der Waals surface area contributed by atoms with Gasteiger partial charge < -0.3 is 5.32 Å². The number of benzene rings is 2. The second-order valence-electron chi connectivity index (χ2n) is 4.71. The number of halogens is 2. The van der Waals surface area contributed by atoms with E-state index in [-0.39, 0.29) is 27.5 Å². The second-order valence-corrected chi connectivity index (χ2v) is 5.15. The Morgan fingerprint density at radius 1 is 1.00 bits per heavy atom. The minimum Gasteiger partial charge on any atom is -0.345 e. The van der Waals surface area contributed by atoms with E-state index < -0.39 is 17.2 Å². The molecule has 7 heteroatoms. The van der Waals surface area contributed by atoms with E-state index in [1.54, 1.807) is 18.2 Å². The number of anilines is 1. The van der Waals surface area contributed by atoms with E-state index in [0.717, 1.165) is 6.07 Å². The van der Waals surface area contributed by atoms with Crippen LogP contribution in [0.15, 0.2) is 53.7 Å². The number of carbonyl (C=O) groups is 1. The molecule has 0 amide bonds. The van der Waals surface area contributed by atoms with E-state index in [4.69, 9.17) is 27.4 Å². The van der Waals surface area contributed by atoms with Gasteiger partial charge in [0.25, 0.3) is 0 Å². The number of rotatable bonds is 4. The number of carbonyl (C=O) groups excluding carboxylic acids is 1. The van der Waals surface area contributed by atoms with Gasteiger partial charge in [-0.05, 0) is 30.3 Å². The molecule has 0 aromatic heterocycles. The molecule has 0 fully saturated rings. The molecule has 120 valence electrons. The van der Waals surface area contributed by atoms with Crippen molar-refractivity contribution in [2.75, 3.05) is 5.32 Å². The van der Waals surface area contributed by atoms with Crippen LogP contribution in [0.2, 0.25) is 5.02 Å². The van der Waals surface area contributed by atoms with Crippen LogP contribution < -0.4 is 5.32 Å². The van der Waals surface area contributed by atoms with E-state index in [1.165, 1.54) is 36.4 Å². The number of hydrogen-bond acceptors (Lipinski definition) is 5. The van der Waals surface area contributed by atoms with Crippen LogP contribution in [0.1, 0.15) is 15.9 Å². The molecule has 5 nitrogen and oxygen atoms in total. The molecule has 0 saturated carbocycles. The molecule has 0 aliphatic heterocycles. The molecular weight excluding hydrogens is 343 g/mol. The molecule has 1 N–H and O–H groups in total. The Balaban J connectivity index is 2.57. The summed E-state index contributed by atoms with van der Waals surface area (Å²) in [7, 11) is 0. The summed E-state index contributed by atoms with van der Waals surface area (Å²) in [6.45, 7) is 0. The van der Waals surface area contributed by atoms with E-state index in [0.29, 0.717) is 0 Å². The lowest BCUT2D eigenvalue weighted by atomic mass is 10.0. The standard InChI is InChI=1S/C18H8ClFN4O/c19-12-5-6-16(24-17(10-23)11(8-21)9-22)14(7-12)18(25)13-3-1-2-4-15(13)20/h1-7,24H. The highest BCUT2D eigenvalue weighted by Crippen LogP contribution is 2.26. The van der Waals surface area contributed by atoms with Gasteiger partial charge in [0.2, 0.25) is 0 Å². The SMILES string of the molecule is N#CC(C#N)=C(C#N)Nc1ccc(Cl)cc1C(=O)c1ccccc1F. The molecule has 0 aliphatic rings. The van der Waals surface area contributed by atoms with Crippen LogP contribution in [0.3, 0.4) is 0 Å². The molecule has 2 aromatic rings. The zero-order valence-corrected chi connectivity index (χ0v) is 13.3.